The molecule has 1 aliphatic carbocycles. The molecular weight excluding hydrogens is 240 g/mol. The molecule has 4 heteroatoms. The monoisotopic (exact) mass is 266 g/mol. The van der Waals surface area contributed by atoms with Crippen LogP contribution in [0.2, 0.25) is 0 Å². The zero-order chi connectivity index (χ0) is 13.9. The summed E-state index contributed by atoms with van der Waals surface area (Å²) in [5.41, 5.74) is 0.0613. The summed E-state index contributed by atoms with van der Waals surface area (Å²) >= 11 is 0. The molecule has 1 N–H and O–H groups in total. The highest BCUT2D eigenvalue weighted by molar-refractivity contribution is 5.30. The van der Waals surface area contributed by atoms with Crippen LogP contribution >= 0.6 is 0 Å². The normalized spacial score (nSPS) is 28.1. The predicted molar refractivity (Wildman–Crippen MR) is 75.1 cm³/mol. The molecule has 0 aromatic carbocycles. The van der Waals surface area contributed by atoms with Crippen molar-refractivity contribution in [2.45, 2.75) is 57.5 Å². The second-order valence-electron chi connectivity index (χ2n) is 5.80. The van der Waals surface area contributed by atoms with Gasteiger partial charge in [0.15, 0.2) is 5.75 Å². The maximum absolute atomic E-state index is 11.0. The molecule has 1 aromatic heterocycles. The number of rotatable bonds is 4. The molecule has 0 saturated heterocycles. The molecule has 0 amide bonds. The predicted octanol–water partition coefficient (Wildman–Crippen LogP) is 3.00. The SMILES string of the molecule is CCCC1CCCC(O)(c2c(OC)cnn2C)CC1. The number of hydrogen-bond acceptors (Lipinski definition) is 3. The van der Waals surface area contributed by atoms with E-state index >= 15 is 0 Å². The highest BCUT2D eigenvalue weighted by Crippen LogP contribution is 2.42. The van der Waals surface area contributed by atoms with Crippen LogP contribution in [0.3, 0.4) is 0 Å². The highest BCUT2D eigenvalue weighted by Gasteiger charge is 2.37. The molecule has 1 fully saturated rings. The third-order valence-electron chi connectivity index (χ3n) is 4.43. The van der Waals surface area contributed by atoms with Crippen LogP contribution in [0.4, 0.5) is 0 Å². The van der Waals surface area contributed by atoms with E-state index < -0.39 is 5.60 Å². The van der Waals surface area contributed by atoms with Crippen molar-refractivity contribution in [1.82, 2.24) is 9.78 Å². The van der Waals surface area contributed by atoms with Crippen LogP contribution in [0.25, 0.3) is 0 Å². The van der Waals surface area contributed by atoms with Crippen molar-refractivity contribution in [2.24, 2.45) is 13.0 Å². The summed E-state index contributed by atoms with van der Waals surface area (Å²) in [4.78, 5) is 0. The molecule has 1 aromatic rings. The van der Waals surface area contributed by atoms with Crippen molar-refractivity contribution in [3.63, 3.8) is 0 Å². The second kappa shape index (κ2) is 5.95. The fraction of sp³-hybridized carbons (Fsp3) is 0.800. The molecule has 0 spiro atoms. The average molecular weight is 266 g/mol. The van der Waals surface area contributed by atoms with Crippen molar-refractivity contribution >= 4 is 0 Å². The van der Waals surface area contributed by atoms with Crippen molar-refractivity contribution in [3.05, 3.63) is 11.9 Å². The molecule has 0 aliphatic heterocycles. The van der Waals surface area contributed by atoms with Gasteiger partial charge in [0.1, 0.15) is 11.3 Å². The van der Waals surface area contributed by atoms with Gasteiger partial charge >= 0.3 is 0 Å². The zero-order valence-corrected chi connectivity index (χ0v) is 12.4. The Morgan fingerprint density at radius 3 is 2.95 bits per heavy atom. The summed E-state index contributed by atoms with van der Waals surface area (Å²) in [7, 11) is 3.52. The number of aliphatic hydroxyl groups is 1. The van der Waals surface area contributed by atoms with Gasteiger partial charge in [-0.3, -0.25) is 4.68 Å². The molecule has 2 rings (SSSR count). The molecular formula is C15H26N2O2. The Morgan fingerprint density at radius 1 is 1.47 bits per heavy atom. The Balaban J connectivity index is 2.20. The van der Waals surface area contributed by atoms with E-state index in [0.29, 0.717) is 5.75 Å². The minimum atomic E-state index is -0.779. The molecule has 0 bridgehead atoms. The molecule has 108 valence electrons. The van der Waals surface area contributed by atoms with Gasteiger partial charge in [0.25, 0.3) is 0 Å². The molecule has 19 heavy (non-hydrogen) atoms. The van der Waals surface area contributed by atoms with Crippen LogP contribution in [0.1, 0.15) is 57.6 Å². The molecule has 1 aliphatic rings. The first-order chi connectivity index (χ1) is 9.10. The standard InChI is InChI=1S/C15H26N2O2/c1-4-6-12-7-5-9-15(18,10-8-12)14-13(19-3)11-16-17(14)2/h11-12,18H,4-10H2,1-3H3. The summed E-state index contributed by atoms with van der Waals surface area (Å²) < 4.78 is 7.12. The largest absolute Gasteiger partial charge is 0.493 e. The Hall–Kier alpha value is -1.03. The van der Waals surface area contributed by atoms with E-state index in [9.17, 15) is 5.11 Å². The lowest BCUT2D eigenvalue weighted by atomic mass is 9.89. The van der Waals surface area contributed by atoms with E-state index in [1.807, 2.05) is 7.05 Å². The highest BCUT2D eigenvalue weighted by atomic mass is 16.5. The topological polar surface area (TPSA) is 47.3 Å². The number of ether oxygens (including phenoxy) is 1. The number of aromatic nitrogens is 2. The molecule has 1 heterocycles. The number of aryl methyl sites for hydroxylation is 1. The summed E-state index contributed by atoms with van der Waals surface area (Å²) in [6.07, 6.45) is 9.24. The van der Waals surface area contributed by atoms with Crippen molar-refractivity contribution in [1.29, 1.82) is 0 Å². The van der Waals surface area contributed by atoms with Crippen LogP contribution < -0.4 is 4.74 Å². The maximum Gasteiger partial charge on any atom is 0.162 e. The van der Waals surface area contributed by atoms with E-state index in [4.69, 9.17) is 4.74 Å². The van der Waals surface area contributed by atoms with Crippen LogP contribution in [0, 0.1) is 5.92 Å². The van der Waals surface area contributed by atoms with E-state index in [-0.39, 0.29) is 0 Å². The van der Waals surface area contributed by atoms with Crippen molar-refractivity contribution < 1.29 is 9.84 Å². The Labute approximate surface area is 115 Å². The van der Waals surface area contributed by atoms with Crippen molar-refractivity contribution in [3.8, 4) is 5.75 Å². The molecule has 0 radical (unpaired) electrons. The van der Waals surface area contributed by atoms with Gasteiger partial charge in [-0.05, 0) is 31.6 Å². The van der Waals surface area contributed by atoms with Gasteiger partial charge in [-0.25, -0.2) is 0 Å². The van der Waals surface area contributed by atoms with E-state index in [0.717, 1.165) is 37.3 Å². The third kappa shape index (κ3) is 2.94. The first kappa shape index (κ1) is 14.4. The summed E-state index contributed by atoms with van der Waals surface area (Å²) in [6, 6.07) is 0. The quantitative estimate of drug-likeness (QED) is 0.852. The maximum atomic E-state index is 11.0. The first-order valence-electron chi connectivity index (χ1n) is 7.39. The van der Waals surface area contributed by atoms with Gasteiger partial charge in [-0.2, -0.15) is 5.10 Å². The van der Waals surface area contributed by atoms with Crippen LogP contribution in [0.5, 0.6) is 5.75 Å². The average Bonchev–Trinajstić information content (AvgIpc) is 2.67. The summed E-state index contributed by atoms with van der Waals surface area (Å²) in [5.74, 6) is 1.47. The number of nitrogens with zero attached hydrogens (tertiary/aromatic N) is 2. The van der Waals surface area contributed by atoms with Gasteiger partial charge < -0.3 is 9.84 Å². The number of hydrogen-bond donors (Lipinski definition) is 1. The molecule has 2 atom stereocenters. The fourth-order valence-corrected chi connectivity index (χ4v) is 3.43. The lowest BCUT2D eigenvalue weighted by Crippen LogP contribution is -2.28. The van der Waals surface area contributed by atoms with E-state index in [1.165, 1.54) is 19.3 Å². The fourth-order valence-electron chi connectivity index (χ4n) is 3.43. The Kier molecular flexibility index (Phi) is 4.50. The number of methoxy groups -OCH3 is 1. The van der Waals surface area contributed by atoms with Gasteiger partial charge in [-0.1, -0.05) is 26.2 Å². The van der Waals surface area contributed by atoms with Gasteiger partial charge in [-0.15, -0.1) is 0 Å². The van der Waals surface area contributed by atoms with Crippen LogP contribution in [0.15, 0.2) is 6.20 Å². The van der Waals surface area contributed by atoms with Gasteiger partial charge in [0, 0.05) is 7.05 Å². The molecule has 2 unspecified atom stereocenters. The van der Waals surface area contributed by atoms with Gasteiger partial charge in [0.2, 0.25) is 0 Å². The molecule has 1 saturated carbocycles. The van der Waals surface area contributed by atoms with Gasteiger partial charge in [0.05, 0.1) is 13.3 Å². The lowest BCUT2D eigenvalue weighted by molar-refractivity contribution is 0.00949. The molecule has 4 nitrogen and oxygen atoms in total. The summed E-state index contributed by atoms with van der Waals surface area (Å²) in [6.45, 7) is 2.24. The van der Waals surface area contributed by atoms with Crippen LogP contribution in [-0.2, 0) is 12.6 Å². The minimum absolute atomic E-state index is 0.707. The minimum Gasteiger partial charge on any atom is -0.493 e. The van der Waals surface area contributed by atoms with E-state index in [1.54, 1.807) is 18.0 Å². The van der Waals surface area contributed by atoms with Crippen molar-refractivity contribution in [2.75, 3.05) is 7.11 Å². The Morgan fingerprint density at radius 2 is 2.26 bits per heavy atom. The Bertz CT molecular complexity index is 416. The lowest BCUT2D eigenvalue weighted by Gasteiger charge is -2.27. The van der Waals surface area contributed by atoms with Crippen LogP contribution in [-0.4, -0.2) is 22.0 Å². The van der Waals surface area contributed by atoms with E-state index in [2.05, 4.69) is 12.0 Å². The first-order valence-corrected chi connectivity index (χ1v) is 7.39. The second-order valence-corrected chi connectivity index (χ2v) is 5.80. The smallest absolute Gasteiger partial charge is 0.162 e. The zero-order valence-electron chi connectivity index (χ0n) is 12.4. The summed E-state index contributed by atoms with van der Waals surface area (Å²) in [5, 5.41) is 15.3. The third-order valence-corrected chi connectivity index (χ3v) is 4.43.